The lowest BCUT2D eigenvalue weighted by Crippen LogP contribution is -2.05. The summed E-state index contributed by atoms with van der Waals surface area (Å²) < 4.78 is 4.45. The van der Waals surface area contributed by atoms with Gasteiger partial charge in [0.2, 0.25) is 0 Å². The maximum atomic E-state index is 11.1. The third-order valence-corrected chi connectivity index (χ3v) is 13.7. The summed E-state index contributed by atoms with van der Waals surface area (Å²) in [5.74, 6) is 0. The van der Waals surface area contributed by atoms with E-state index < -0.39 is 0 Å². The van der Waals surface area contributed by atoms with Gasteiger partial charge in [-0.05, 0) is 136 Å². The highest BCUT2D eigenvalue weighted by Gasteiger charge is 2.24. The van der Waals surface area contributed by atoms with Gasteiger partial charge in [0, 0.05) is 45.1 Å². The fourth-order valence-electron chi connectivity index (χ4n) is 10.4. The van der Waals surface area contributed by atoms with Crippen molar-refractivity contribution in [3.05, 3.63) is 234 Å². The fourth-order valence-corrected chi connectivity index (χ4v) is 10.4. The molecule has 0 aliphatic carbocycles. The van der Waals surface area contributed by atoms with Gasteiger partial charge >= 0.3 is 0 Å². The Morgan fingerprint density at radius 1 is 0.292 bits per heavy atom. The Morgan fingerprint density at radius 3 is 0.944 bits per heavy atom. The summed E-state index contributed by atoms with van der Waals surface area (Å²) in [4.78, 5) is 4.47. The van der Waals surface area contributed by atoms with E-state index in [0.717, 1.165) is 105 Å². The molecular weight excluding hydrogens is 881 g/mol. The Hall–Kier alpha value is -10.8. The quantitative estimate of drug-likeness (QED) is 0.156. The lowest BCUT2D eigenvalue weighted by atomic mass is 9.96. The number of hydrogen-bond donors (Lipinski definition) is 0. The molecule has 3 heterocycles. The normalized spacial score (nSPS) is 11.0. The van der Waals surface area contributed by atoms with E-state index in [1.807, 2.05) is 140 Å². The van der Waals surface area contributed by atoms with Crippen LogP contribution in [0.25, 0.3) is 111 Å². The molecule has 0 aliphatic heterocycles. The molecule has 8 heteroatoms. The van der Waals surface area contributed by atoms with Crippen molar-refractivity contribution in [2.24, 2.45) is 0 Å². The second-order valence-corrected chi connectivity index (χ2v) is 17.5. The van der Waals surface area contributed by atoms with Crippen molar-refractivity contribution < 1.29 is 0 Å². The van der Waals surface area contributed by atoms with Gasteiger partial charge in [-0.1, -0.05) is 103 Å². The first-order valence-electron chi connectivity index (χ1n) is 23.1. The molecule has 8 nitrogen and oxygen atoms in total. The van der Waals surface area contributed by atoms with Crippen LogP contribution >= 0.6 is 0 Å². The van der Waals surface area contributed by atoms with E-state index in [4.69, 9.17) is 0 Å². The smallest absolute Gasteiger partial charge is 0.0999 e. The summed E-state index contributed by atoms with van der Waals surface area (Å²) in [5.41, 5.74) is 15.9. The zero-order valence-electron chi connectivity index (χ0n) is 38.2. The Balaban J connectivity index is 1.22. The van der Waals surface area contributed by atoms with Crippen LogP contribution in [0.2, 0.25) is 0 Å². The molecule has 0 bridgehead atoms. The number of fused-ring (bicyclic) bond motifs is 6. The molecule has 0 N–H and O–H groups in total. The van der Waals surface area contributed by atoms with E-state index in [0.29, 0.717) is 33.4 Å². The number of aromatic nitrogens is 3. The molecule has 0 saturated heterocycles. The van der Waals surface area contributed by atoms with Crippen LogP contribution in [0.4, 0.5) is 0 Å². The summed E-state index contributed by atoms with van der Waals surface area (Å²) in [6.45, 7) is 0. The molecule has 330 valence electrons. The molecule has 9 aromatic carbocycles. The van der Waals surface area contributed by atoms with Crippen molar-refractivity contribution in [1.82, 2.24) is 14.1 Å². The zero-order valence-corrected chi connectivity index (χ0v) is 38.2. The standard InChI is InChI=1S/C64H34N8/c65-34-44-10-1-5-15-50(44)40-19-23-59-55(28-40)56-29-41(51-16-6-2-11-45(51)35-66)20-24-60(56)71(59)63-32-49(38-69)54(48-14-9-27-70-39-48)33-64(63)72-61-25-21-42(52-17-7-3-12-46(52)36-67)30-57(61)58-31-43(22-26-62(58)72)53-18-8-4-13-47(53)37-68/h1-33,39H. The van der Waals surface area contributed by atoms with Crippen LogP contribution in [-0.4, -0.2) is 14.1 Å². The Bertz CT molecular complexity index is 4230. The van der Waals surface area contributed by atoms with E-state index in [2.05, 4.69) is 99.1 Å². The van der Waals surface area contributed by atoms with Gasteiger partial charge in [-0.25, -0.2) is 0 Å². The first-order chi connectivity index (χ1) is 35.5. The largest absolute Gasteiger partial charge is 0.307 e. The number of benzene rings is 9. The molecule has 0 amide bonds. The molecule has 0 atom stereocenters. The highest BCUT2D eigenvalue weighted by molar-refractivity contribution is 6.14. The maximum absolute atomic E-state index is 11.1. The zero-order chi connectivity index (χ0) is 48.9. The minimum Gasteiger partial charge on any atom is -0.307 e. The first kappa shape index (κ1) is 42.5. The SMILES string of the molecule is N#Cc1ccccc1-c1ccc2c(c1)c1cc(-c3ccccc3C#N)ccc1n2-c1cc(C#N)c(-c2cccnc2)cc1-n1c2ccc(-c3ccccc3C#N)cc2c2cc(-c3ccccc3C#N)ccc21. The second kappa shape index (κ2) is 17.4. The second-order valence-electron chi connectivity index (χ2n) is 17.5. The van der Waals surface area contributed by atoms with Crippen molar-refractivity contribution in [3.63, 3.8) is 0 Å². The van der Waals surface area contributed by atoms with Crippen LogP contribution in [0.15, 0.2) is 207 Å². The highest BCUT2D eigenvalue weighted by Crippen LogP contribution is 2.44. The minimum atomic E-state index is 0.447. The molecular formula is C64H34N8. The Labute approximate surface area is 413 Å². The van der Waals surface area contributed by atoms with Crippen LogP contribution < -0.4 is 0 Å². The third-order valence-electron chi connectivity index (χ3n) is 13.7. The van der Waals surface area contributed by atoms with Gasteiger partial charge in [-0.2, -0.15) is 26.3 Å². The molecule has 0 aliphatic rings. The summed E-state index contributed by atoms with van der Waals surface area (Å²) >= 11 is 0. The van der Waals surface area contributed by atoms with Crippen LogP contribution in [0.5, 0.6) is 0 Å². The average Bonchev–Trinajstić information content (AvgIpc) is 3.95. The molecule has 0 saturated carbocycles. The summed E-state index contributed by atoms with van der Waals surface area (Å²) in [6, 6.07) is 75.3. The van der Waals surface area contributed by atoms with Crippen LogP contribution in [0.3, 0.4) is 0 Å². The summed E-state index contributed by atoms with van der Waals surface area (Å²) in [6.07, 6.45) is 3.48. The Morgan fingerprint density at radius 2 is 0.625 bits per heavy atom. The van der Waals surface area contributed by atoms with Gasteiger partial charge in [0.25, 0.3) is 0 Å². The highest BCUT2D eigenvalue weighted by atomic mass is 15.1. The lowest BCUT2D eigenvalue weighted by Gasteiger charge is -2.20. The summed E-state index contributed by atoms with van der Waals surface area (Å²) in [7, 11) is 0. The third kappa shape index (κ3) is 6.84. The number of pyridine rings is 1. The van der Waals surface area contributed by atoms with Crippen molar-refractivity contribution in [2.75, 3.05) is 0 Å². The average molecular weight is 915 g/mol. The molecule has 12 rings (SSSR count). The van der Waals surface area contributed by atoms with Gasteiger partial charge in [-0.3, -0.25) is 4.98 Å². The van der Waals surface area contributed by atoms with Gasteiger partial charge < -0.3 is 9.13 Å². The van der Waals surface area contributed by atoms with E-state index >= 15 is 0 Å². The number of hydrogen-bond acceptors (Lipinski definition) is 6. The number of rotatable bonds is 7. The van der Waals surface area contributed by atoms with Gasteiger partial charge in [-0.15, -0.1) is 0 Å². The van der Waals surface area contributed by atoms with Crippen molar-refractivity contribution >= 4 is 43.6 Å². The monoisotopic (exact) mass is 914 g/mol. The van der Waals surface area contributed by atoms with Gasteiger partial charge in [0.15, 0.2) is 0 Å². The molecule has 0 unspecified atom stereocenters. The molecule has 12 aromatic rings. The maximum Gasteiger partial charge on any atom is 0.0999 e. The fraction of sp³-hybridized carbons (Fsp3) is 0. The number of nitrogens with zero attached hydrogens (tertiary/aromatic N) is 8. The van der Waals surface area contributed by atoms with E-state index in [1.165, 1.54) is 0 Å². The number of nitriles is 5. The van der Waals surface area contributed by atoms with Crippen molar-refractivity contribution in [1.29, 1.82) is 26.3 Å². The van der Waals surface area contributed by atoms with Crippen molar-refractivity contribution in [3.8, 4) is 97.4 Å². The molecule has 0 fully saturated rings. The summed E-state index contributed by atoms with van der Waals surface area (Å²) in [5, 5.41) is 55.6. The van der Waals surface area contributed by atoms with E-state index in [9.17, 15) is 26.3 Å². The van der Waals surface area contributed by atoms with Gasteiger partial charge in [0.05, 0.1) is 91.6 Å². The Kier molecular flexibility index (Phi) is 10.3. The first-order valence-corrected chi connectivity index (χ1v) is 23.1. The predicted octanol–water partition coefficient (Wildman–Crippen LogP) is 15.0. The van der Waals surface area contributed by atoms with Crippen LogP contribution in [-0.2, 0) is 0 Å². The molecule has 0 radical (unpaired) electrons. The van der Waals surface area contributed by atoms with Gasteiger partial charge in [0.1, 0.15) is 0 Å². The van der Waals surface area contributed by atoms with E-state index in [-0.39, 0.29) is 0 Å². The minimum absolute atomic E-state index is 0.447. The van der Waals surface area contributed by atoms with Crippen molar-refractivity contribution in [2.45, 2.75) is 0 Å². The topological polar surface area (TPSA) is 142 Å². The van der Waals surface area contributed by atoms with Crippen LogP contribution in [0, 0.1) is 56.7 Å². The van der Waals surface area contributed by atoms with Crippen LogP contribution in [0.1, 0.15) is 27.8 Å². The lowest BCUT2D eigenvalue weighted by molar-refractivity contribution is 1.09. The molecule has 3 aromatic heterocycles. The predicted molar refractivity (Wildman–Crippen MR) is 284 cm³/mol. The molecule has 72 heavy (non-hydrogen) atoms. The molecule has 0 spiro atoms. The van der Waals surface area contributed by atoms with E-state index in [1.54, 1.807) is 12.4 Å².